The summed E-state index contributed by atoms with van der Waals surface area (Å²) in [5, 5.41) is 8.99. The standard InChI is InChI=1S/C23H20Cl5N3O3/c24-13-5-12(6-14(25)7-13)19-20(23(19,27)28)21(33)31-15-3-4-17(26)16(8-15)18(32)10-30-22(34)29-9-11-1-2-11/h3-8,11,19-20H,1-2,9-10H2,(H,31,33)(H2,29,30,34). The van der Waals surface area contributed by atoms with Crippen molar-refractivity contribution < 1.29 is 14.4 Å². The van der Waals surface area contributed by atoms with E-state index in [1.807, 2.05) is 0 Å². The molecular weight excluding hydrogens is 544 g/mol. The van der Waals surface area contributed by atoms with E-state index >= 15 is 0 Å². The molecule has 2 aliphatic rings. The Morgan fingerprint density at radius 1 is 0.941 bits per heavy atom. The van der Waals surface area contributed by atoms with E-state index in [9.17, 15) is 14.4 Å². The fourth-order valence-corrected chi connectivity index (χ4v) is 5.33. The summed E-state index contributed by atoms with van der Waals surface area (Å²) < 4.78 is -1.33. The maximum Gasteiger partial charge on any atom is 0.315 e. The number of Topliss-reactive ketones (excluding diaryl/α,β-unsaturated/α-hetero) is 1. The maximum absolute atomic E-state index is 12.9. The minimum atomic E-state index is -1.33. The van der Waals surface area contributed by atoms with Crippen LogP contribution in [0.2, 0.25) is 15.1 Å². The first-order chi connectivity index (χ1) is 16.1. The summed E-state index contributed by atoms with van der Waals surface area (Å²) in [4.78, 5) is 37.4. The zero-order valence-electron chi connectivity index (χ0n) is 17.6. The number of rotatable bonds is 8. The van der Waals surface area contributed by atoms with Crippen molar-refractivity contribution >= 4 is 81.4 Å². The molecule has 34 heavy (non-hydrogen) atoms. The van der Waals surface area contributed by atoms with E-state index in [2.05, 4.69) is 16.0 Å². The third-order valence-electron chi connectivity index (χ3n) is 5.77. The van der Waals surface area contributed by atoms with E-state index in [0.717, 1.165) is 12.8 Å². The Labute approximate surface area is 221 Å². The normalized spacial score (nSPS) is 20.4. The van der Waals surface area contributed by atoms with Crippen LogP contribution in [0.4, 0.5) is 10.5 Å². The fraction of sp³-hybridized carbons (Fsp3) is 0.348. The van der Waals surface area contributed by atoms with Gasteiger partial charge in [-0.1, -0.05) is 34.8 Å². The molecule has 3 amide bonds. The molecule has 2 aromatic carbocycles. The molecule has 2 aliphatic carbocycles. The van der Waals surface area contributed by atoms with Gasteiger partial charge in [-0.25, -0.2) is 4.79 Å². The molecule has 180 valence electrons. The van der Waals surface area contributed by atoms with Gasteiger partial charge in [-0.05, 0) is 60.7 Å². The molecular formula is C23H20Cl5N3O3. The number of benzene rings is 2. The molecule has 3 N–H and O–H groups in total. The van der Waals surface area contributed by atoms with Crippen LogP contribution in [0.5, 0.6) is 0 Å². The van der Waals surface area contributed by atoms with Gasteiger partial charge >= 0.3 is 6.03 Å². The number of hydrogen-bond donors (Lipinski definition) is 3. The van der Waals surface area contributed by atoms with Crippen molar-refractivity contribution in [1.29, 1.82) is 0 Å². The minimum absolute atomic E-state index is 0.166. The largest absolute Gasteiger partial charge is 0.338 e. The van der Waals surface area contributed by atoms with Crippen molar-refractivity contribution in [3.05, 3.63) is 62.6 Å². The number of halogens is 5. The first-order valence-electron chi connectivity index (χ1n) is 10.6. The number of amides is 3. The van der Waals surface area contributed by atoms with E-state index in [4.69, 9.17) is 58.0 Å². The molecule has 6 nitrogen and oxygen atoms in total. The summed E-state index contributed by atoms with van der Waals surface area (Å²) in [6, 6.07) is 8.99. The minimum Gasteiger partial charge on any atom is -0.338 e. The highest BCUT2D eigenvalue weighted by molar-refractivity contribution is 6.53. The summed E-state index contributed by atoms with van der Waals surface area (Å²) in [6.07, 6.45) is 2.21. The number of anilines is 1. The third kappa shape index (κ3) is 5.92. The molecule has 2 unspecified atom stereocenters. The van der Waals surface area contributed by atoms with Crippen LogP contribution in [-0.2, 0) is 4.79 Å². The first kappa shape index (κ1) is 25.4. The van der Waals surface area contributed by atoms with Gasteiger partial charge in [0, 0.05) is 33.8 Å². The predicted octanol–water partition coefficient (Wildman–Crippen LogP) is 6.06. The Hall–Kier alpha value is -1.70. The molecule has 2 aromatic rings. The SMILES string of the molecule is O=C(NCC(=O)c1cc(NC(=O)C2C(c3cc(Cl)cc(Cl)c3)C2(Cl)Cl)ccc1Cl)NCC1CC1. The van der Waals surface area contributed by atoms with Crippen LogP contribution in [0.3, 0.4) is 0 Å². The lowest BCUT2D eigenvalue weighted by molar-refractivity contribution is -0.117. The second-order valence-corrected chi connectivity index (χ2v) is 11.2. The van der Waals surface area contributed by atoms with E-state index < -0.39 is 33.9 Å². The topological polar surface area (TPSA) is 87.3 Å². The molecule has 0 saturated heterocycles. The Balaban J connectivity index is 1.39. The van der Waals surface area contributed by atoms with Gasteiger partial charge in [0.2, 0.25) is 5.91 Å². The summed E-state index contributed by atoms with van der Waals surface area (Å²) in [6.45, 7) is 0.356. The van der Waals surface area contributed by atoms with Crippen molar-refractivity contribution in [3.8, 4) is 0 Å². The quantitative estimate of drug-likeness (QED) is 0.269. The molecule has 2 atom stereocenters. The van der Waals surface area contributed by atoms with Gasteiger partial charge in [0.25, 0.3) is 0 Å². The maximum atomic E-state index is 12.9. The van der Waals surface area contributed by atoms with E-state index in [-0.39, 0.29) is 17.1 Å². The third-order valence-corrected chi connectivity index (χ3v) is 7.48. The lowest BCUT2D eigenvalue weighted by Gasteiger charge is -2.10. The zero-order chi connectivity index (χ0) is 24.6. The zero-order valence-corrected chi connectivity index (χ0v) is 21.4. The van der Waals surface area contributed by atoms with Gasteiger partial charge in [-0.2, -0.15) is 0 Å². The Morgan fingerprint density at radius 3 is 2.26 bits per heavy atom. The van der Waals surface area contributed by atoms with Crippen molar-refractivity contribution in [2.45, 2.75) is 23.1 Å². The molecule has 0 aromatic heterocycles. The number of carbonyl (C=O) groups is 3. The van der Waals surface area contributed by atoms with Crippen molar-refractivity contribution in [1.82, 2.24) is 10.6 Å². The molecule has 4 rings (SSSR count). The molecule has 11 heteroatoms. The lowest BCUT2D eigenvalue weighted by atomic mass is 10.1. The highest BCUT2D eigenvalue weighted by Gasteiger charge is 2.67. The summed E-state index contributed by atoms with van der Waals surface area (Å²) in [7, 11) is 0. The van der Waals surface area contributed by atoms with Crippen LogP contribution < -0.4 is 16.0 Å². The van der Waals surface area contributed by atoms with Crippen molar-refractivity contribution in [3.63, 3.8) is 0 Å². The monoisotopic (exact) mass is 561 g/mol. The fourth-order valence-electron chi connectivity index (χ4n) is 3.74. The van der Waals surface area contributed by atoms with E-state index in [1.165, 1.54) is 12.1 Å². The van der Waals surface area contributed by atoms with Gasteiger partial charge < -0.3 is 16.0 Å². The summed E-state index contributed by atoms with van der Waals surface area (Å²) in [5.41, 5.74) is 1.16. The molecule has 0 radical (unpaired) electrons. The summed E-state index contributed by atoms with van der Waals surface area (Å²) >= 11 is 31.1. The number of carbonyl (C=O) groups excluding carboxylic acids is 3. The average Bonchev–Trinajstić information content (AvgIpc) is 3.67. The number of alkyl halides is 2. The molecule has 2 saturated carbocycles. The van der Waals surface area contributed by atoms with Gasteiger partial charge in [-0.15, -0.1) is 23.2 Å². The van der Waals surface area contributed by atoms with Gasteiger partial charge in [0.1, 0.15) is 4.33 Å². The van der Waals surface area contributed by atoms with Crippen LogP contribution >= 0.6 is 58.0 Å². The second-order valence-electron chi connectivity index (χ2n) is 8.45. The second kappa shape index (κ2) is 10.1. The summed E-state index contributed by atoms with van der Waals surface area (Å²) in [5.74, 6) is -1.55. The molecule has 2 fully saturated rings. The Morgan fingerprint density at radius 2 is 1.62 bits per heavy atom. The molecule has 0 bridgehead atoms. The van der Waals surface area contributed by atoms with E-state index in [1.54, 1.807) is 24.3 Å². The highest BCUT2D eigenvalue weighted by atomic mass is 35.5. The van der Waals surface area contributed by atoms with Gasteiger partial charge in [0.05, 0.1) is 17.5 Å². The van der Waals surface area contributed by atoms with Crippen LogP contribution in [0.25, 0.3) is 0 Å². The number of ketones is 1. The van der Waals surface area contributed by atoms with Gasteiger partial charge in [0.15, 0.2) is 5.78 Å². The number of hydrogen-bond acceptors (Lipinski definition) is 3. The van der Waals surface area contributed by atoms with Gasteiger partial charge in [-0.3, -0.25) is 9.59 Å². The van der Waals surface area contributed by atoms with Crippen molar-refractivity contribution in [2.75, 3.05) is 18.4 Å². The van der Waals surface area contributed by atoms with Crippen LogP contribution in [0, 0.1) is 11.8 Å². The van der Waals surface area contributed by atoms with E-state index in [0.29, 0.717) is 33.8 Å². The predicted molar refractivity (Wildman–Crippen MR) is 136 cm³/mol. The smallest absolute Gasteiger partial charge is 0.315 e. The average molecular weight is 564 g/mol. The van der Waals surface area contributed by atoms with Crippen LogP contribution in [0.15, 0.2) is 36.4 Å². The number of urea groups is 1. The lowest BCUT2D eigenvalue weighted by Crippen LogP contribution is -2.39. The highest BCUT2D eigenvalue weighted by Crippen LogP contribution is 2.65. The van der Waals surface area contributed by atoms with Crippen LogP contribution in [-0.4, -0.2) is 35.1 Å². The molecule has 0 spiro atoms. The van der Waals surface area contributed by atoms with Crippen LogP contribution in [0.1, 0.15) is 34.7 Å². The Bertz CT molecular complexity index is 1130. The first-order valence-corrected chi connectivity index (χ1v) is 12.4. The number of nitrogens with one attached hydrogen (secondary N) is 3. The molecule has 0 heterocycles. The molecule has 0 aliphatic heterocycles. The Kier molecular flexibility index (Phi) is 7.56. The van der Waals surface area contributed by atoms with Crippen molar-refractivity contribution in [2.24, 2.45) is 11.8 Å².